The van der Waals surface area contributed by atoms with Gasteiger partial charge < -0.3 is 9.64 Å². The maximum absolute atomic E-state index is 11.9. The van der Waals surface area contributed by atoms with E-state index in [4.69, 9.17) is 14.2 Å². The number of nitriles is 1. The van der Waals surface area contributed by atoms with E-state index in [1.54, 1.807) is 4.90 Å². The molecular formula is C14H24N2O5S. The third-order valence-corrected chi connectivity index (χ3v) is 3.83. The first kappa shape index (κ1) is 18.7. The largest absolute Gasteiger partial charge is 0.444 e. The van der Waals surface area contributed by atoms with Crippen LogP contribution in [-0.4, -0.2) is 50.5 Å². The van der Waals surface area contributed by atoms with Gasteiger partial charge in [-0.1, -0.05) is 0 Å². The minimum atomic E-state index is -3.64. The Kier molecular flexibility index (Phi) is 6.20. The standard InChI is InChI=1S/C14H24N2O5S/c1-14(2,3)20-13(17)16-7-5-11(6-8-16)9-12(10-15)21-22(4,18)19/h11-12H,5-9H2,1-4H3/t12-/m1/s1. The molecule has 0 saturated carbocycles. The number of nitrogens with zero attached hydrogens (tertiary/aromatic N) is 2. The summed E-state index contributed by atoms with van der Waals surface area (Å²) in [6.07, 6.45) is 1.38. The minimum absolute atomic E-state index is 0.157. The summed E-state index contributed by atoms with van der Waals surface area (Å²) >= 11 is 0. The highest BCUT2D eigenvalue weighted by atomic mass is 32.2. The third-order valence-electron chi connectivity index (χ3n) is 3.25. The second kappa shape index (κ2) is 7.29. The molecule has 0 aliphatic carbocycles. The summed E-state index contributed by atoms with van der Waals surface area (Å²) in [6.45, 7) is 6.53. The molecule has 0 N–H and O–H groups in total. The topological polar surface area (TPSA) is 96.7 Å². The first-order valence-corrected chi connectivity index (χ1v) is 9.07. The zero-order chi connectivity index (χ0) is 17.0. The number of likely N-dealkylation sites (tertiary alicyclic amines) is 1. The van der Waals surface area contributed by atoms with E-state index in [9.17, 15) is 13.2 Å². The molecule has 1 amide bonds. The number of hydrogen-bond donors (Lipinski definition) is 0. The Balaban J connectivity index is 2.45. The van der Waals surface area contributed by atoms with Gasteiger partial charge in [0.05, 0.1) is 12.3 Å². The van der Waals surface area contributed by atoms with E-state index in [2.05, 4.69) is 0 Å². The molecule has 0 spiro atoms. The summed E-state index contributed by atoms with van der Waals surface area (Å²) in [7, 11) is -3.64. The molecule has 0 unspecified atom stereocenters. The Bertz CT molecular complexity index is 524. The van der Waals surface area contributed by atoms with Crippen LogP contribution in [0.5, 0.6) is 0 Å². The van der Waals surface area contributed by atoms with Crippen molar-refractivity contribution in [1.82, 2.24) is 4.90 Å². The van der Waals surface area contributed by atoms with Crippen LogP contribution in [-0.2, 0) is 19.0 Å². The number of piperidine rings is 1. The zero-order valence-electron chi connectivity index (χ0n) is 13.5. The molecule has 1 rings (SSSR count). The predicted octanol–water partition coefficient (Wildman–Crippen LogP) is 1.89. The van der Waals surface area contributed by atoms with Crippen LogP contribution in [0, 0.1) is 17.2 Å². The van der Waals surface area contributed by atoms with Gasteiger partial charge in [-0.3, -0.25) is 4.18 Å². The first-order valence-electron chi connectivity index (χ1n) is 7.26. The highest BCUT2D eigenvalue weighted by molar-refractivity contribution is 7.86. The fraction of sp³-hybridized carbons (Fsp3) is 0.857. The van der Waals surface area contributed by atoms with E-state index in [0.717, 1.165) is 6.26 Å². The van der Waals surface area contributed by atoms with Crippen LogP contribution in [0.2, 0.25) is 0 Å². The molecule has 0 aromatic carbocycles. The van der Waals surface area contributed by atoms with E-state index in [0.29, 0.717) is 32.4 Å². The number of carbonyl (C=O) groups excluding carboxylic acids is 1. The third kappa shape index (κ3) is 7.09. The minimum Gasteiger partial charge on any atom is -0.444 e. The fourth-order valence-electron chi connectivity index (χ4n) is 2.30. The Morgan fingerprint density at radius 3 is 2.32 bits per heavy atom. The lowest BCUT2D eigenvalue weighted by Crippen LogP contribution is -2.42. The van der Waals surface area contributed by atoms with Crippen LogP contribution >= 0.6 is 0 Å². The second-order valence-electron chi connectivity index (χ2n) is 6.56. The normalized spacial score (nSPS) is 18.6. The van der Waals surface area contributed by atoms with E-state index in [-0.39, 0.29) is 12.0 Å². The molecule has 1 fully saturated rings. The van der Waals surface area contributed by atoms with Gasteiger partial charge in [-0.2, -0.15) is 13.7 Å². The summed E-state index contributed by atoms with van der Waals surface area (Å²) in [4.78, 5) is 13.6. The van der Waals surface area contributed by atoms with E-state index < -0.39 is 21.8 Å². The number of carbonyl (C=O) groups is 1. The van der Waals surface area contributed by atoms with Crippen molar-refractivity contribution < 1.29 is 22.1 Å². The van der Waals surface area contributed by atoms with Crippen LogP contribution in [0.15, 0.2) is 0 Å². The Hall–Kier alpha value is -1.33. The van der Waals surface area contributed by atoms with E-state index in [1.807, 2.05) is 26.8 Å². The van der Waals surface area contributed by atoms with Crippen molar-refractivity contribution in [1.29, 1.82) is 5.26 Å². The van der Waals surface area contributed by atoms with Crippen LogP contribution in [0.1, 0.15) is 40.0 Å². The molecule has 8 heteroatoms. The van der Waals surface area contributed by atoms with Gasteiger partial charge >= 0.3 is 6.09 Å². The van der Waals surface area contributed by atoms with Crippen molar-refractivity contribution in [3.63, 3.8) is 0 Å². The molecule has 0 aromatic rings. The maximum atomic E-state index is 11.9. The van der Waals surface area contributed by atoms with E-state index >= 15 is 0 Å². The first-order chi connectivity index (χ1) is 10.00. The average molecular weight is 332 g/mol. The van der Waals surface area contributed by atoms with Gasteiger partial charge in [0, 0.05) is 13.1 Å². The van der Waals surface area contributed by atoms with Crippen LogP contribution in [0.4, 0.5) is 4.79 Å². The Morgan fingerprint density at radius 2 is 1.91 bits per heavy atom. The van der Waals surface area contributed by atoms with Crippen LogP contribution in [0.3, 0.4) is 0 Å². The number of rotatable bonds is 4. The molecule has 7 nitrogen and oxygen atoms in total. The van der Waals surface area contributed by atoms with Gasteiger partial charge in [0.1, 0.15) is 5.60 Å². The van der Waals surface area contributed by atoms with Gasteiger partial charge in [0.2, 0.25) is 0 Å². The maximum Gasteiger partial charge on any atom is 0.410 e. The molecule has 1 aliphatic rings. The van der Waals surface area contributed by atoms with Crippen LogP contribution in [0.25, 0.3) is 0 Å². The van der Waals surface area contributed by atoms with Crippen molar-refractivity contribution in [2.45, 2.75) is 51.7 Å². The van der Waals surface area contributed by atoms with Gasteiger partial charge in [-0.05, 0) is 46.0 Å². The van der Waals surface area contributed by atoms with Crippen LogP contribution < -0.4 is 0 Å². The zero-order valence-corrected chi connectivity index (χ0v) is 14.4. The SMILES string of the molecule is CC(C)(C)OC(=O)N1CCC(C[C@H](C#N)OS(C)(=O)=O)CC1. The molecule has 1 atom stereocenters. The molecule has 0 bridgehead atoms. The summed E-state index contributed by atoms with van der Waals surface area (Å²) in [6, 6.07) is 1.86. The van der Waals surface area contributed by atoms with Gasteiger partial charge in [0.25, 0.3) is 10.1 Å². The highest BCUT2D eigenvalue weighted by Gasteiger charge is 2.29. The monoisotopic (exact) mass is 332 g/mol. The molecule has 1 heterocycles. The number of ether oxygens (including phenoxy) is 1. The van der Waals surface area contributed by atoms with Gasteiger partial charge in [-0.25, -0.2) is 4.79 Å². The lowest BCUT2D eigenvalue weighted by molar-refractivity contribution is 0.0173. The smallest absolute Gasteiger partial charge is 0.410 e. The predicted molar refractivity (Wildman–Crippen MR) is 80.5 cm³/mol. The number of hydrogen-bond acceptors (Lipinski definition) is 6. The molecule has 0 radical (unpaired) electrons. The molecule has 1 saturated heterocycles. The summed E-state index contributed by atoms with van der Waals surface area (Å²) in [5.74, 6) is 0.157. The Labute approximate surface area is 132 Å². The Morgan fingerprint density at radius 1 is 1.36 bits per heavy atom. The lowest BCUT2D eigenvalue weighted by Gasteiger charge is -2.33. The second-order valence-corrected chi connectivity index (χ2v) is 8.17. The molecular weight excluding hydrogens is 308 g/mol. The highest BCUT2D eigenvalue weighted by Crippen LogP contribution is 2.24. The molecule has 1 aliphatic heterocycles. The van der Waals surface area contributed by atoms with Crippen molar-refractivity contribution in [2.75, 3.05) is 19.3 Å². The average Bonchev–Trinajstić information content (AvgIpc) is 2.35. The summed E-state index contributed by atoms with van der Waals surface area (Å²) < 4.78 is 32.2. The van der Waals surface area contributed by atoms with Gasteiger partial charge in [0.15, 0.2) is 6.10 Å². The number of amides is 1. The molecule has 0 aromatic heterocycles. The fourth-order valence-corrected chi connectivity index (χ4v) is 2.85. The van der Waals surface area contributed by atoms with Crippen molar-refractivity contribution in [3.8, 4) is 6.07 Å². The van der Waals surface area contributed by atoms with Gasteiger partial charge in [-0.15, -0.1) is 0 Å². The van der Waals surface area contributed by atoms with Crippen molar-refractivity contribution >= 4 is 16.2 Å². The van der Waals surface area contributed by atoms with Crippen molar-refractivity contribution in [3.05, 3.63) is 0 Å². The lowest BCUT2D eigenvalue weighted by atomic mass is 9.91. The molecule has 126 valence electrons. The van der Waals surface area contributed by atoms with E-state index in [1.165, 1.54) is 0 Å². The quantitative estimate of drug-likeness (QED) is 0.729. The molecule has 22 heavy (non-hydrogen) atoms. The summed E-state index contributed by atoms with van der Waals surface area (Å²) in [5.41, 5.74) is -0.525. The summed E-state index contributed by atoms with van der Waals surface area (Å²) in [5, 5.41) is 8.96. The van der Waals surface area contributed by atoms with Crippen molar-refractivity contribution in [2.24, 2.45) is 5.92 Å².